The van der Waals surface area contributed by atoms with Crippen molar-refractivity contribution in [3.05, 3.63) is 0 Å². The monoisotopic (exact) mass is 298 g/mol. The maximum atomic E-state index is 9.52. The van der Waals surface area contributed by atoms with Crippen molar-refractivity contribution in [3.63, 3.8) is 0 Å². The highest BCUT2D eigenvalue weighted by atomic mass is 16.5. The molecule has 0 spiro atoms. The zero-order valence-corrected chi connectivity index (χ0v) is 14.1. The molecule has 0 amide bonds. The summed E-state index contributed by atoms with van der Waals surface area (Å²) in [6, 6.07) is 0.530. The van der Waals surface area contributed by atoms with Crippen molar-refractivity contribution >= 4 is 0 Å². The summed E-state index contributed by atoms with van der Waals surface area (Å²) in [6.45, 7) is 12.4. The molecule has 1 N–H and O–H groups in total. The summed E-state index contributed by atoms with van der Waals surface area (Å²) >= 11 is 0. The zero-order valence-electron chi connectivity index (χ0n) is 14.1. The van der Waals surface area contributed by atoms with E-state index in [0.29, 0.717) is 12.1 Å². The molecule has 0 radical (unpaired) electrons. The first-order chi connectivity index (χ1) is 10.1. The highest BCUT2D eigenvalue weighted by Gasteiger charge is 2.25. The minimum atomic E-state index is -0.227. The molecule has 1 heterocycles. The molecule has 0 aromatic carbocycles. The van der Waals surface area contributed by atoms with Crippen LogP contribution in [0, 0.1) is 5.92 Å². The fourth-order valence-electron chi connectivity index (χ4n) is 3.75. The van der Waals surface area contributed by atoms with Crippen molar-refractivity contribution in [2.45, 2.75) is 64.7 Å². The van der Waals surface area contributed by atoms with Gasteiger partial charge in [0.1, 0.15) is 0 Å². The molecule has 2 rings (SSSR count). The summed E-state index contributed by atoms with van der Waals surface area (Å²) in [7, 11) is 0. The minimum absolute atomic E-state index is 0.227. The molecule has 1 saturated heterocycles. The molecule has 21 heavy (non-hydrogen) atoms. The van der Waals surface area contributed by atoms with E-state index in [-0.39, 0.29) is 6.10 Å². The van der Waals surface area contributed by atoms with Crippen LogP contribution in [0.1, 0.15) is 46.5 Å². The van der Waals surface area contributed by atoms with Crippen molar-refractivity contribution in [2.24, 2.45) is 5.92 Å². The Morgan fingerprint density at radius 3 is 2.62 bits per heavy atom. The molecule has 4 unspecified atom stereocenters. The van der Waals surface area contributed by atoms with Crippen LogP contribution in [-0.2, 0) is 4.74 Å². The van der Waals surface area contributed by atoms with Crippen LogP contribution >= 0.6 is 0 Å². The molecule has 124 valence electrons. The number of hydrogen-bond acceptors (Lipinski definition) is 4. The molecular formula is C17H34N2O2. The number of aliphatic hydroxyl groups excluding tert-OH is 1. The van der Waals surface area contributed by atoms with E-state index in [1.807, 2.05) is 6.92 Å². The van der Waals surface area contributed by atoms with Crippen molar-refractivity contribution in [3.8, 4) is 0 Å². The highest BCUT2D eigenvalue weighted by Crippen LogP contribution is 2.26. The van der Waals surface area contributed by atoms with E-state index in [1.165, 1.54) is 25.7 Å². The van der Waals surface area contributed by atoms with Gasteiger partial charge < -0.3 is 9.84 Å². The van der Waals surface area contributed by atoms with Crippen LogP contribution in [0.25, 0.3) is 0 Å². The third-order valence-electron chi connectivity index (χ3n) is 5.12. The third kappa shape index (κ3) is 5.51. The smallest absolute Gasteiger partial charge is 0.0639 e. The lowest BCUT2D eigenvalue weighted by Gasteiger charge is -2.40. The van der Waals surface area contributed by atoms with Gasteiger partial charge in [-0.15, -0.1) is 0 Å². The summed E-state index contributed by atoms with van der Waals surface area (Å²) in [5.74, 6) is 0.737. The molecule has 2 fully saturated rings. The number of rotatable bonds is 6. The van der Waals surface area contributed by atoms with Gasteiger partial charge in [0.15, 0.2) is 0 Å². The summed E-state index contributed by atoms with van der Waals surface area (Å²) in [6.07, 6.45) is 5.57. The summed E-state index contributed by atoms with van der Waals surface area (Å²) in [5, 5.41) is 9.52. The Hall–Kier alpha value is -0.160. The second-order valence-electron chi connectivity index (χ2n) is 7.16. The first-order valence-corrected chi connectivity index (χ1v) is 8.82. The lowest BCUT2D eigenvalue weighted by Crippen LogP contribution is -2.54. The maximum absolute atomic E-state index is 9.52. The van der Waals surface area contributed by atoms with Gasteiger partial charge in [0.05, 0.1) is 18.8 Å². The van der Waals surface area contributed by atoms with Crippen molar-refractivity contribution in [1.82, 2.24) is 9.80 Å². The van der Waals surface area contributed by atoms with E-state index in [0.717, 1.165) is 45.2 Å². The number of nitrogens with zero attached hydrogens (tertiary/aromatic N) is 2. The Balaban J connectivity index is 1.63. The van der Waals surface area contributed by atoms with E-state index in [4.69, 9.17) is 4.74 Å². The third-order valence-corrected chi connectivity index (χ3v) is 5.12. The van der Waals surface area contributed by atoms with Gasteiger partial charge in [-0.25, -0.2) is 0 Å². The zero-order chi connectivity index (χ0) is 15.2. The standard InChI is InChI=1S/C17H34N2O2/c1-14-6-4-5-7-17(14)21-11-10-18-8-9-19(13-16(3)20)15(2)12-18/h14-17,20H,4-13H2,1-3H3. The average Bonchev–Trinajstić information content (AvgIpc) is 2.43. The number of aliphatic hydroxyl groups is 1. The Bertz CT molecular complexity index is 299. The second-order valence-corrected chi connectivity index (χ2v) is 7.16. The fraction of sp³-hybridized carbons (Fsp3) is 1.00. The van der Waals surface area contributed by atoms with Crippen LogP contribution in [0.2, 0.25) is 0 Å². The largest absolute Gasteiger partial charge is 0.392 e. The lowest BCUT2D eigenvalue weighted by atomic mass is 9.88. The Morgan fingerprint density at radius 1 is 1.19 bits per heavy atom. The molecule has 4 heteroatoms. The minimum Gasteiger partial charge on any atom is -0.392 e. The van der Waals surface area contributed by atoms with Gasteiger partial charge in [-0.05, 0) is 32.6 Å². The number of β-amino-alcohol motifs (C(OH)–C–C–N with tert-alkyl or cyclic N) is 1. The van der Waals surface area contributed by atoms with Gasteiger partial charge in [0.2, 0.25) is 0 Å². The molecule has 1 aliphatic carbocycles. The highest BCUT2D eigenvalue weighted by molar-refractivity contribution is 4.80. The first-order valence-electron chi connectivity index (χ1n) is 8.82. The average molecular weight is 298 g/mol. The summed E-state index contributed by atoms with van der Waals surface area (Å²) < 4.78 is 6.13. The first kappa shape index (κ1) is 17.2. The van der Waals surface area contributed by atoms with E-state index in [9.17, 15) is 5.11 Å². The quantitative estimate of drug-likeness (QED) is 0.813. The topological polar surface area (TPSA) is 35.9 Å². The Morgan fingerprint density at radius 2 is 1.95 bits per heavy atom. The molecule has 0 aromatic heterocycles. The molecular weight excluding hydrogens is 264 g/mol. The number of ether oxygens (including phenoxy) is 1. The van der Waals surface area contributed by atoms with Gasteiger partial charge in [-0.1, -0.05) is 19.8 Å². The predicted octanol–water partition coefficient (Wildman–Crippen LogP) is 1.97. The molecule has 0 aromatic rings. The summed E-state index contributed by atoms with van der Waals surface area (Å²) in [4.78, 5) is 4.90. The van der Waals surface area contributed by atoms with Gasteiger partial charge in [0, 0.05) is 38.8 Å². The van der Waals surface area contributed by atoms with Gasteiger partial charge in [-0.2, -0.15) is 0 Å². The van der Waals surface area contributed by atoms with Gasteiger partial charge in [-0.3, -0.25) is 9.80 Å². The van der Waals surface area contributed by atoms with E-state index in [1.54, 1.807) is 0 Å². The summed E-state index contributed by atoms with van der Waals surface area (Å²) in [5.41, 5.74) is 0. The number of piperazine rings is 1. The van der Waals surface area contributed by atoms with Crippen LogP contribution in [0.3, 0.4) is 0 Å². The normalized spacial score (nSPS) is 34.0. The van der Waals surface area contributed by atoms with Crippen LogP contribution in [-0.4, -0.2) is 72.5 Å². The maximum Gasteiger partial charge on any atom is 0.0639 e. The van der Waals surface area contributed by atoms with Crippen molar-refractivity contribution in [1.29, 1.82) is 0 Å². The molecule has 4 nitrogen and oxygen atoms in total. The van der Waals surface area contributed by atoms with E-state index in [2.05, 4.69) is 23.6 Å². The molecule has 1 aliphatic heterocycles. The fourth-order valence-corrected chi connectivity index (χ4v) is 3.75. The van der Waals surface area contributed by atoms with Gasteiger partial charge in [0.25, 0.3) is 0 Å². The lowest BCUT2D eigenvalue weighted by molar-refractivity contribution is -0.0241. The molecule has 1 saturated carbocycles. The van der Waals surface area contributed by atoms with Crippen LogP contribution in [0.15, 0.2) is 0 Å². The van der Waals surface area contributed by atoms with Crippen LogP contribution < -0.4 is 0 Å². The van der Waals surface area contributed by atoms with Gasteiger partial charge >= 0.3 is 0 Å². The Labute approximate surface area is 130 Å². The predicted molar refractivity (Wildman–Crippen MR) is 86.5 cm³/mol. The Kier molecular flexibility index (Phi) is 6.93. The van der Waals surface area contributed by atoms with E-state index >= 15 is 0 Å². The van der Waals surface area contributed by atoms with Crippen LogP contribution in [0.5, 0.6) is 0 Å². The van der Waals surface area contributed by atoms with E-state index < -0.39 is 0 Å². The molecule has 0 bridgehead atoms. The molecule has 4 atom stereocenters. The van der Waals surface area contributed by atoms with Crippen molar-refractivity contribution in [2.75, 3.05) is 39.3 Å². The number of hydrogen-bond donors (Lipinski definition) is 1. The SMILES string of the molecule is CC(O)CN1CCN(CCOC2CCCCC2C)CC1C. The van der Waals surface area contributed by atoms with Crippen LogP contribution in [0.4, 0.5) is 0 Å². The molecule has 2 aliphatic rings. The van der Waals surface area contributed by atoms with Crippen molar-refractivity contribution < 1.29 is 9.84 Å². The second kappa shape index (κ2) is 8.47.